The molecule has 0 spiro atoms. The Morgan fingerprint density at radius 2 is 1.93 bits per heavy atom. The van der Waals surface area contributed by atoms with Crippen molar-refractivity contribution >= 4 is 17.2 Å². The molecular weight excluding hydrogens is 361 g/mol. The first-order valence-corrected chi connectivity index (χ1v) is 10.0. The van der Waals surface area contributed by atoms with Crippen LogP contribution < -0.4 is 0 Å². The van der Waals surface area contributed by atoms with E-state index in [1.807, 2.05) is 35.4 Å². The largest absolute Gasteiger partial charge is 0.337 e. The minimum atomic E-state index is -0.202. The third kappa shape index (κ3) is 2.99. The van der Waals surface area contributed by atoms with Crippen molar-refractivity contribution in [3.8, 4) is 0 Å². The molecule has 2 aromatic heterocycles. The number of benzene rings is 1. The van der Waals surface area contributed by atoms with Gasteiger partial charge in [0.25, 0.3) is 5.91 Å². The zero-order chi connectivity index (χ0) is 18.4. The maximum Gasteiger partial charge on any atom is 0.271 e. The van der Waals surface area contributed by atoms with E-state index in [-0.39, 0.29) is 23.8 Å². The van der Waals surface area contributed by atoms with E-state index < -0.39 is 0 Å². The minimum absolute atomic E-state index is 0.0993. The quantitative estimate of drug-likeness (QED) is 0.688. The van der Waals surface area contributed by atoms with E-state index in [0.717, 1.165) is 24.3 Å². The van der Waals surface area contributed by atoms with Crippen LogP contribution in [0.3, 0.4) is 0 Å². The molecule has 5 rings (SSSR count). The molecule has 2 aliphatic rings. The lowest BCUT2D eigenvalue weighted by Crippen LogP contribution is -2.49. The Kier molecular flexibility index (Phi) is 4.10. The molecule has 0 aliphatic carbocycles. The summed E-state index contributed by atoms with van der Waals surface area (Å²) in [5, 5.41) is 2.05. The Balaban J connectivity index is 1.43. The summed E-state index contributed by atoms with van der Waals surface area (Å²) < 4.78 is 15.7. The maximum atomic E-state index is 13.5. The third-order valence-corrected chi connectivity index (χ3v) is 6.41. The first-order valence-electron chi connectivity index (χ1n) is 9.16. The van der Waals surface area contributed by atoms with Gasteiger partial charge >= 0.3 is 0 Å². The Labute approximate surface area is 161 Å². The number of hydrogen-bond acceptors (Lipinski definition) is 3. The molecule has 1 saturated heterocycles. The Morgan fingerprint density at radius 3 is 2.74 bits per heavy atom. The highest BCUT2D eigenvalue weighted by molar-refractivity contribution is 7.09. The molecule has 1 fully saturated rings. The smallest absolute Gasteiger partial charge is 0.271 e. The van der Waals surface area contributed by atoms with E-state index in [9.17, 15) is 9.18 Å². The van der Waals surface area contributed by atoms with Crippen LogP contribution in [0.5, 0.6) is 0 Å². The van der Waals surface area contributed by atoms with Crippen LogP contribution in [0.4, 0.5) is 4.39 Å². The number of amides is 1. The summed E-state index contributed by atoms with van der Waals surface area (Å²) in [6.45, 7) is 3.01. The van der Waals surface area contributed by atoms with Gasteiger partial charge in [-0.1, -0.05) is 18.2 Å². The zero-order valence-electron chi connectivity index (χ0n) is 14.8. The van der Waals surface area contributed by atoms with Gasteiger partial charge in [0.15, 0.2) is 0 Å². The normalized spacial score (nSPS) is 22.1. The predicted molar refractivity (Wildman–Crippen MR) is 103 cm³/mol. The van der Waals surface area contributed by atoms with E-state index >= 15 is 0 Å². The summed E-state index contributed by atoms with van der Waals surface area (Å²) in [4.78, 5) is 18.7. The van der Waals surface area contributed by atoms with Gasteiger partial charge in [-0.2, -0.15) is 0 Å². The number of halogens is 1. The molecule has 2 atom stereocenters. The highest BCUT2D eigenvalue weighted by Gasteiger charge is 2.44. The van der Waals surface area contributed by atoms with Gasteiger partial charge in [0.2, 0.25) is 0 Å². The molecule has 3 aromatic rings. The van der Waals surface area contributed by atoms with Gasteiger partial charge in [0.05, 0.1) is 18.6 Å². The molecule has 27 heavy (non-hydrogen) atoms. The summed E-state index contributed by atoms with van der Waals surface area (Å²) in [6.07, 6.45) is 2.01. The van der Waals surface area contributed by atoms with E-state index in [2.05, 4.69) is 20.9 Å². The minimum Gasteiger partial charge on any atom is -0.337 e. The van der Waals surface area contributed by atoms with Crippen molar-refractivity contribution in [2.45, 2.75) is 25.2 Å². The van der Waals surface area contributed by atoms with Crippen molar-refractivity contribution < 1.29 is 9.18 Å². The van der Waals surface area contributed by atoms with Crippen LogP contribution in [-0.2, 0) is 13.1 Å². The molecule has 0 unspecified atom stereocenters. The fraction of sp³-hybridized carbons (Fsp3) is 0.286. The van der Waals surface area contributed by atoms with Gasteiger partial charge in [0, 0.05) is 30.7 Å². The van der Waals surface area contributed by atoms with Crippen molar-refractivity contribution in [3.63, 3.8) is 0 Å². The van der Waals surface area contributed by atoms with Crippen LogP contribution in [0.2, 0.25) is 0 Å². The molecular formula is C21H20FN3OS. The summed E-state index contributed by atoms with van der Waals surface area (Å²) in [5.41, 5.74) is 1.73. The number of rotatable bonds is 4. The SMILES string of the molecule is O=C1c2cccn2[C@@H]2CN(Cc3cccc(F)c3)C[C@H]2N1Cc1cccs1. The molecule has 4 heterocycles. The number of fused-ring (bicyclic) bond motifs is 3. The van der Waals surface area contributed by atoms with Crippen molar-refractivity contribution in [1.29, 1.82) is 0 Å². The maximum absolute atomic E-state index is 13.5. The van der Waals surface area contributed by atoms with Gasteiger partial charge in [0.1, 0.15) is 11.5 Å². The molecule has 138 valence electrons. The molecule has 0 N–H and O–H groups in total. The number of hydrogen-bond donors (Lipinski definition) is 0. The lowest BCUT2D eigenvalue weighted by atomic mass is 10.1. The van der Waals surface area contributed by atoms with Crippen molar-refractivity contribution in [2.24, 2.45) is 0 Å². The number of carbonyl (C=O) groups is 1. The van der Waals surface area contributed by atoms with Gasteiger partial charge in [-0.3, -0.25) is 9.69 Å². The van der Waals surface area contributed by atoms with Crippen LogP contribution in [-0.4, -0.2) is 39.4 Å². The average Bonchev–Trinajstić information content (AvgIpc) is 3.38. The number of carbonyl (C=O) groups excluding carboxylic acids is 1. The standard InChI is InChI=1S/C21H20FN3OS/c22-16-5-1-4-15(10-16)11-23-13-19-20(14-23)25(12-17-6-3-9-27-17)21(26)18-7-2-8-24(18)19/h1-10,19-20H,11-14H2/t19-,20-/m1/s1. The van der Waals surface area contributed by atoms with Gasteiger partial charge in [-0.25, -0.2) is 4.39 Å². The molecule has 1 aromatic carbocycles. The fourth-order valence-electron chi connectivity index (χ4n) is 4.37. The molecule has 0 bridgehead atoms. The monoisotopic (exact) mass is 381 g/mol. The Hall–Kier alpha value is -2.44. The zero-order valence-corrected chi connectivity index (χ0v) is 15.6. The van der Waals surface area contributed by atoms with Crippen LogP contribution >= 0.6 is 11.3 Å². The Morgan fingerprint density at radius 1 is 1.04 bits per heavy atom. The second-order valence-corrected chi connectivity index (χ2v) is 8.30. The predicted octanol–water partition coefficient (Wildman–Crippen LogP) is 3.77. The second-order valence-electron chi connectivity index (χ2n) is 7.27. The summed E-state index contributed by atoms with van der Waals surface area (Å²) in [7, 11) is 0. The van der Waals surface area contributed by atoms with Gasteiger partial charge < -0.3 is 9.47 Å². The topological polar surface area (TPSA) is 28.5 Å². The van der Waals surface area contributed by atoms with E-state index in [4.69, 9.17) is 0 Å². The van der Waals surface area contributed by atoms with E-state index in [0.29, 0.717) is 13.1 Å². The number of nitrogens with zero attached hydrogens (tertiary/aromatic N) is 3. The number of likely N-dealkylation sites (tertiary alicyclic amines) is 1. The number of aromatic nitrogens is 1. The van der Waals surface area contributed by atoms with Crippen molar-refractivity contribution in [1.82, 2.24) is 14.4 Å². The lowest BCUT2D eigenvalue weighted by Gasteiger charge is -2.38. The Bertz CT molecular complexity index is 967. The average molecular weight is 381 g/mol. The first kappa shape index (κ1) is 16.7. The van der Waals surface area contributed by atoms with Crippen LogP contribution in [0, 0.1) is 5.82 Å². The van der Waals surface area contributed by atoms with Crippen molar-refractivity contribution in [2.75, 3.05) is 13.1 Å². The highest BCUT2D eigenvalue weighted by Crippen LogP contribution is 2.35. The summed E-state index contributed by atoms with van der Waals surface area (Å²) in [5.74, 6) is -0.103. The van der Waals surface area contributed by atoms with Gasteiger partial charge in [-0.15, -0.1) is 11.3 Å². The molecule has 2 aliphatic heterocycles. The molecule has 1 amide bonds. The molecule has 0 saturated carbocycles. The van der Waals surface area contributed by atoms with Gasteiger partial charge in [-0.05, 0) is 41.3 Å². The lowest BCUT2D eigenvalue weighted by molar-refractivity contribution is 0.0559. The molecule has 4 nitrogen and oxygen atoms in total. The second kappa shape index (κ2) is 6.62. The fourth-order valence-corrected chi connectivity index (χ4v) is 5.07. The molecule has 6 heteroatoms. The van der Waals surface area contributed by atoms with Crippen LogP contribution in [0.15, 0.2) is 60.1 Å². The molecule has 0 radical (unpaired) electrons. The van der Waals surface area contributed by atoms with E-state index in [1.54, 1.807) is 23.5 Å². The first-order chi connectivity index (χ1) is 13.2. The van der Waals surface area contributed by atoms with Crippen LogP contribution in [0.1, 0.15) is 27.0 Å². The van der Waals surface area contributed by atoms with Crippen molar-refractivity contribution in [3.05, 3.63) is 82.1 Å². The summed E-state index contributed by atoms with van der Waals surface area (Å²) in [6, 6.07) is 15.1. The highest BCUT2D eigenvalue weighted by atomic mass is 32.1. The summed E-state index contributed by atoms with van der Waals surface area (Å²) >= 11 is 1.69. The van der Waals surface area contributed by atoms with Crippen LogP contribution in [0.25, 0.3) is 0 Å². The third-order valence-electron chi connectivity index (χ3n) is 5.55. The van der Waals surface area contributed by atoms with E-state index in [1.165, 1.54) is 10.9 Å². The number of thiophene rings is 1.